The van der Waals surface area contributed by atoms with E-state index in [-0.39, 0.29) is 11.4 Å². The van der Waals surface area contributed by atoms with Gasteiger partial charge >= 0.3 is 0 Å². The minimum atomic E-state index is -3.65. The second kappa shape index (κ2) is 5.46. The van der Waals surface area contributed by atoms with E-state index in [1.54, 1.807) is 30.3 Å². The minimum Gasteiger partial charge on any atom is -0.384 e. The summed E-state index contributed by atoms with van der Waals surface area (Å²) < 4.78 is 40.4. The van der Waals surface area contributed by atoms with E-state index in [0.29, 0.717) is 5.56 Å². The molecule has 0 saturated carbocycles. The maximum absolute atomic E-state index is 13.5. The van der Waals surface area contributed by atoms with Crippen LogP contribution in [-0.2, 0) is 23.0 Å². The van der Waals surface area contributed by atoms with E-state index in [1.807, 2.05) is 6.07 Å². The van der Waals surface area contributed by atoms with Crippen LogP contribution in [0.5, 0.6) is 0 Å². The lowest BCUT2D eigenvalue weighted by atomic mass is 10.2. The molecular weight excluding hydrogens is 291 g/mol. The fourth-order valence-electron chi connectivity index (χ4n) is 2.33. The second-order valence-corrected chi connectivity index (χ2v) is 6.68. The summed E-state index contributed by atoms with van der Waals surface area (Å²) in [5, 5.41) is 3.14. The standard InChI is InChI=1S/C15H15FN2O2S/c16-14-4-2-1-3-12(14)10-18-21(19,20)13-6-5-11-7-8-17-15(11)9-13/h1-6,9,17-18H,7-8,10H2. The molecule has 0 aliphatic carbocycles. The smallest absolute Gasteiger partial charge is 0.240 e. The van der Waals surface area contributed by atoms with Crippen molar-refractivity contribution >= 4 is 15.7 Å². The first kappa shape index (κ1) is 14.0. The number of nitrogens with one attached hydrogen (secondary N) is 2. The van der Waals surface area contributed by atoms with Crippen molar-refractivity contribution in [1.82, 2.24) is 4.72 Å². The summed E-state index contributed by atoms with van der Waals surface area (Å²) in [5.74, 6) is -0.421. The van der Waals surface area contributed by atoms with E-state index in [2.05, 4.69) is 10.0 Å². The van der Waals surface area contributed by atoms with E-state index >= 15 is 0 Å². The van der Waals surface area contributed by atoms with E-state index < -0.39 is 15.8 Å². The predicted octanol–water partition coefficient (Wildman–Crippen LogP) is 2.27. The van der Waals surface area contributed by atoms with Gasteiger partial charge in [-0.2, -0.15) is 0 Å². The highest BCUT2D eigenvalue weighted by atomic mass is 32.2. The summed E-state index contributed by atoms with van der Waals surface area (Å²) in [6, 6.07) is 11.1. The van der Waals surface area contributed by atoms with Gasteiger partial charge in [-0.25, -0.2) is 17.5 Å². The van der Waals surface area contributed by atoms with Crippen LogP contribution >= 0.6 is 0 Å². The molecule has 0 bridgehead atoms. The van der Waals surface area contributed by atoms with Crippen LogP contribution in [0.2, 0.25) is 0 Å². The molecule has 6 heteroatoms. The lowest BCUT2D eigenvalue weighted by molar-refractivity contribution is 0.574. The zero-order valence-corrected chi connectivity index (χ0v) is 12.1. The zero-order chi connectivity index (χ0) is 14.9. The van der Waals surface area contributed by atoms with Gasteiger partial charge in [0, 0.05) is 24.3 Å². The molecule has 1 aliphatic rings. The number of halogens is 1. The Kier molecular flexibility index (Phi) is 3.65. The summed E-state index contributed by atoms with van der Waals surface area (Å²) in [5.41, 5.74) is 2.28. The molecule has 1 heterocycles. The van der Waals surface area contributed by atoms with Crippen molar-refractivity contribution in [3.05, 3.63) is 59.4 Å². The molecule has 0 unspecified atom stereocenters. The lowest BCUT2D eigenvalue weighted by Gasteiger charge is -2.09. The van der Waals surface area contributed by atoms with Crippen molar-refractivity contribution < 1.29 is 12.8 Å². The van der Waals surface area contributed by atoms with Gasteiger partial charge in [0.15, 0.2) is 0 Å². The average Bonchev–Trinajstić information content (AvgIpc) is 2.94. The molecule has 21 heavy (non-hydrogen) atoms. The monoisotopic (exact) mass is 306 g/mol. The minimum absolute atomic E-state index is 0.0699. The predicted molar refractivity (Wildman–Crippen MR) is 79.1 cm³/mol. The highest BCUT2D eigenvalue weighted by molar-refractivity contribution is 7.89. The van der Waals surface area contributed by atoms with Crippen molar-refractivity contribution in [1.29, 1.82) is 0 Å². The molecule has 110 valence electrons. The topological polar surface area (TPSA) is 58.2 Å². The van der Waals surface area contributed by atoms with Crippen molar-refractivity contribution in [2.24, 2.45) is 0 Å². The Bertz CT molecular complexity index is 775. The Morgan fingerprint density at radius 2 is 2.00 bits per heavy atom. The van der Waals surface area contributed by atoms with Gasteiger partial charge < -0.3 is 5.32 Å². The Morgan fingerprint density at radius 1 is 1.19 bits per heavy atom. The second-order valence-electron chi connectivity index (χ2n) is 4.91. The quantitative estimate of drug-likeness (QED) is 0.911. The first-order valence-electron chi connectivity index (χ1n) is 6.66. The van der Waals surface area contributed by atoms with Gasteiger partial charge in [-0.15, -0.1) is 0 Å². The number of benzene rings is 2. The van der Waals surface area contributed by atoms with E-state index in [1.165, 1.54) is 6.07 Å². The summed E-state index contributed by atoms with van der Waals surface area (Å²) >= 11 is 0. The summed E-state index contributed by atoms with van der Waals surface area (Å²) in [7, 11) is -3.65. The van der Waals surface area contributed by atoms with Crippen LogP contribution in [0.1, 0.15) is 11.1 Å². The number of sulfonamides is 1. The SMILES string of the molecule is O=S(=O)(NCc1ccccc1F)c1ccc2c(c1)NCC2. The van der Waals surface area contributed by atoms with Gasteiger partial charge in [0.25, 0.3) is 0 Å². The van der Waals surface area contributed by atoms with Crippen LogP contribution in [0, 0.1) is 5.82 Å². The van der Waals surface area contributed by atoms with Crippen LogP contribution < -0.4 is 10.0 Å². The molecule has 0 atom stereocenters. The molecule has 4 nitrogen and oxygen atoms in total. The van der Waals surface area contributed by atoms with Crippen molar-refractivity contribution in [2.45, 2.75) is 17.9 Å². The van der Waals surface area contributed by atoms with Crippen molar-refractivity contribution in [3.8, 4) is 0 Å². The van der Waals surface area contributed by atoms with Crippen LogP contribution in [0.4, 0.5) is 10.1 Å². The maximum atomic E-state index is 13.5. The van der Waals surface area contributed by atoms with Crippen LogP contribution in [-0.4, -0.2) is 15.0 Å². The third-order valence-electron chi connectivity index (χ3n) is 3.51. The molecule has 2 aromatic carbocycles. The molecule has 0 amide bonds. The average molecular weight is 306 g/mol. The van der Waals surface area contributed by atoms with Crippen LogP contribution in [0.3, 0.4) is 0 Å². The molecule has 3 rings (SSSR count). The number of fused-ring (bicyclic) bond motifs is 1. The van der Waals surface area contributed by atoms with Crippen molar-refractivity contribution in [3.63, 3.8) is 0 Å². The van der Waals surface area contributed by atoms with E-state index in [4.69, 9.17) is 0 Å². The largest absolute Gasteiger partial charge is 0.384 e. The summed E-state index contributed by atoms with van der Waals surface area (Å²) in [4.78, 5) is 0.187. The number of hydrogen-bond donors (Lipinski definition) is 2. The fourth-order valence-corrected chi connectivity index (χ4v) is 3.37. The van der Waals surface area contributed by atoms with Gasteiger partial charge in [0.1, 0.15) is 5.82 Å². The Balaban J connectivity index is 1.80. The fraction of sp³-hybridized carbons (Fsp3) is 0.200. The van der Waals surface area contributed by atoms with Gasteiger partial charge in [-0.1, -0.05) is 24.3 Å². The van der Waals surface area contributed by atoms with Gasteiger partial charge in [0.05, 0.1) is 4.90 Å². The van der Waals surface area contributed by atoms with Gasteiger partial charge in [-0.3, -0.25) is 0 Å². The first-order chi connectivity index (χ1) is 10.1. The molecular formula is C15H15FN2O2S. The molecule has 1 aliphatic heterocycles. The first-order valence-corrected chi connectivity index (χ1v) is 8.14. The Hall–Kier alpha value is -1.92. The van der Waals surface area contributed by atoms with E-state index in [0.717, 1.165) is 24.2 Å². The number of hydrogen-bond acceptors (Lipinski definition) is 3. The third kappa shape index (κ3) is 2.91. The van der Waals surface area contributed by atoms with Gasteiger partial charge in [0.2, 0.25) is 10.0 Å². The summed E-state index contributed by atoms with van der Waals surface area (Å²) in [6.45, 7) is 0.751. The maximum Gasteiger partial charge on any atom is 0.240 e. The van der Waals surface area contributed by atoms with E-state index in [9.17, 15) is 12.8 Å². The third-order valence-corrected chi connectivity index (χ3v) is 4.91. The molecule has 0 radical (unpaired) electrons. The lowest BCUT2D eigenvalue weighted by Crippen LogP contribution is -2.23. The number of rotatable bonds is 4. The summed E-state index contributed by atoms with van der Waals surface area (Å²) in [6.07, 6.45) is 0.901. The number of anilines is 1. The Labute approximate surface area is 123 Å². The van der Waals surface area contributed by atoms with Crippen molar-refractivity contribution in [2.75, 3.05) is 11.9 Å². The Morgan fingerprint density at radius 3 is 2.81 bits per heavy atom. The molecule has 0 saturated heterocycles. The zero-order valence-electron chi connectivity index (χ0n) is 11.3. The molecule has 0 fully saturated rings. The molecule has 2 aromatic rings. The highest BCUT2D eigenvalue weighted by Gasteiger charge is 2.18. The highest BCUT2D eigenvalue weighted by Crippen LogP contribution is 2.25. The van der Waals surface area contributed by atoms with Crippen LogP contribution in [0.25, 0.3) is 0 Å². The molecule has 0 spiro atoms. The van der Waals surface area contributed by atoms with Crippen LogP contribution in [0.15, 0.2) is 47.4 Å². The normalized spacial score (nSPS) is 13.8. The van der Waals surface area contributed by atoms with Gasteiger partial charge in [-0.05, 0) is 30.2 Å². The molecule has 0 aromatic heterocycles. The molecule has 2 N–H and O–H groups in total.